The maximum Gasteiger partial charge on any atom is 0.416 e. The van der Waals surface area contributed by atoms with E-state index in [0.29, 0.717) is 18.0 Å². The van der Waals surface area contributed by atoms with Crippen LogP contribution in [0.4, 0.5) is 23.7 Å². The molecule has 0 radical (unpaired) electrons. The lowest BCUT2D eigenvalue weighted by Gasteiger charge is -2.34. The number of piperazine rings is 1. The van der Waals surface area contributed by atoms with Crippen LogP contribution in [0.2, 0.25) is 0 Å². The van der Waals surface area contributed by atoms with Crippen LogP contribution in [0.3, 0.4) is 0 Å². The summed E-state index contributed by atoms with van der Waals surface area (Å²) in [7, 11) is 2.12. The number of halogens is 3. The zero-order valence-electron chi connectivity index (χ0n) is 21.7. The number of hydrogen-bond donors (Lipinski definition) is 1. The van der Waals surface area contributed by atoms with Gasteiger partial charge in [-0.15, -0.1) is 0 Å². The zero-order chi connectivity index (χ0) is 26.9. The number of anilines is 1. The van der Waals surface area contributed by atoms with Gasteiger partial charge in [0.05, 0.1) is 17.2 Å². The van der Waals surface area contributed by atoms with Gasteiger partial charge < -0.3 is 20.0 Å². The number of nitrogens with one attached hydrogen (secondary N) is 1. The number of urea groups is 1. The van der Waals surface area contributed by atoms with Gasteiger partial charge >= 0.3 is 12.2 Å². The van der Waals surface area contributed by atoms with E-state index < -0.39 is 11.7 Å². The van der Waals surface area contributed by atoms with Crippen molar-refractivity contribution in [3.05, 3.63) is 65.2 Å². The molecule has 2 aromatic carbocycles. The SMILES string of the molecule is CN1CCN(CCCN(C(=O)Nc2cccc(C(F)(F)F)c2)[C@@H]2CC[C@]3(c4ccc(C#N)cc4)C[C@H]23)CC1. The van der Waals surface area contributed by atoms with Gasteiger partial charge in [0.2, 0.25) is 0 Å². The summed E-state index contributed by atoms with van der Waals surface area (Å²) < 4.78 is 39.7. The fraction of sp³-hybridized carbons (Fsp3) is 0.517. The van der Waals surface area contributed by atoms with Crippen LogP contribution in [0.1, 0.15) is 42.4 Å². The second kappa shape index (κ2) is 10.6. The lowest BCUT2D eigenvalue weighted by Crippen LogP contribution is -2.47. The summed E-state index contributed by atoms with van der Waals surface area (Å²) >= 11 is 0. The molecule has 9 heteroatoms. The Morgan fingerprint density at radius 3 is 2.55 bits per heavy atom. The first kappa shape index (κ1) is 26.5. The zero-order valence-corrected chi connectivity index (χ0v) is 21.7. The van der Waals surface area contributed by atoms with E-state index in [-0.39, 0.29) is 23.2 Å². The third-order valence-electron chi connectivity index (χ3n) is 8.65. The molecule has 0 unspecified atom stereocenters. The number of nitrogens with zero attached hydrogens (tertiary/aromatic N) is 4. The van der Waals surface area contributed by atoms with Crippen molar-refractivity contribution in [2.24, 2.45) is 5.92 Å². The molecular weight excluding hydrogens is 491 g/mol. The number of carbonyl (C=O) groups is 1. The molecule has 2 saturated carbocycles. The maximum atomic E-state index is 13.6. The minimum Gasteiger partial charge on any atom is -0.321 e. The Morgan fingerprint density at radius 2 is 1.89 bits per heavy atom. The molecule has 38 heavy (non-hydrogen) atoms. The molecule has 3 fully saturated rings. The third kappa shape index (κ3) is 5.52. The highest BCUT2D eigenvalue weighted by molar-refractivity contribution is 5.89. The van der Waals surface area contributed by atoms with E-state index in [2.05, 4.69) is 28.2 Å². The molecule has 0 bridgehead atoms. The van der Waals surface area contributed by atoms with Gasteiger partial charge in [0.15, 0.2) is 0 Å². The van der Waals surface area contributed by atoms with Crippen molar-refractivity contribution in [2.75, 3.05) is 51.6 Å². The molecule has 2 amide bonds. The molecule has 3 atom stereocenters. The van der Waals surface area contributed by atoms with Crippen LogP contribution < -0.4 is 5.32 Å². The van der Waals surface area contributed by atoms with Crippen molar-refractivity contribution in [2.45, 2.75) is 43.3 Å². The first-order chi connectivity index (χ1) is 18.2. The third-order valence-corrected chi connectivity index (χ3v) is 8.65. The molecule has 0 aromatic heterocycles. The number of fused-ring (bicyclic) bond motifs is 1. The number of amides is 2. The van der Waals surface area contributed by atoms with E-state index in [1.807, 2.05) is 29.2 Å². The summed E-state index contributed by atoms with van der Waals surface area (Å²) in [5.41, 5.74) is 1.23. The number of likely N-dealkylation sites (N-methyl/N-ethyl adjacent to an activating group) is 1. The largest absolute Gasteiger partial charge is 0.416 e. The summed E-state index contributed by atoms with van der Waals surface area (Å²) in [6.07, 6.45) is -0.861. The van der Waals surface area contributed by atoms with Crippen LogP contribution in [-0.4, -0.2) is 73.1 Å². The normalized spacial score (nSPS) is 25.4. The highest BCUT2D eigenvalue weighted by Crippen LogP contribution is 2.65. The second-order valence-electron chi connectivity index (χ2n) is 11.0. The first-order valence-corrected chi connectivity index (χ1v) is 13.4. The molecule has 1 saturated heterocycles. The highest BCUT2D eigenvalue weighted by Gasteiger charge is 2.63. The Labute approximate surface area is 222 Å². The van der Waals surface area contributed by atoms with Gasteiger partial charge in [-0.2, -0.15) is 18.4 Å². The van der Waals surface area contributed by atoms with Gasteiger partial charge in [-0.05, 0) is 81.1 Å². The topological polar surface area (TPSA) is 62.6 Å². The highest BCUT2D eigenvalue weighted by atomic mass is 19.4. The summed E-state index contributed by atoms with van der Waals surface area (Å²) in [4.78, 5) is 20.1. The lowest BCUT2D eigenvalue weighted by molar-refractivity contribution is -0.137. The Kier molecular flexibility index (Phi) is 7.38. The van der Waals surface area contributed by atoms with E-state index in [1.54, 1.807) is 0 Å². The molecule has 6 nitrogen and oxygen atoms in total. The molecule has 1 aliphatic heterocycles. The first-order valence-electron chi connectivity index (χ1n) is 13.4. The maximum absolute atomic E-state index is 13.6. The quantitative estimate of drug-likeness (QED) is 0.542. The van der Waals surface area contributed by atoms with Gasteiger partial charge in [0.1, 0.15) is 0 Å². The van der Waals surface area contributed by atoms with Crippen LogP contribution in [0.15, 0.2) is 48.5 Å². The van der Waals surface area contributed by atoms with Gasteiger partial charge in [-0.1, -0.05) is 18.2 Å². The smallest absolute Gasteiger partial charge is 0.321 e. The van der Waals surface area contributed by atoms with Crippen molar-refractivity contribution >= 4 is 11.7 Å². The van der Waals surface area contributed by atoms with Crippen molar-refractivity contribution in [3.8, 4) is 6.07 Å². The molecule has 3 aliphatic rings. The van der Waals surface area contributed by atoms with Crippen LogP contribution in [-0.2, 0) is 11.6 Å². The monoisotopic (exact) mass is 525 g/mol. The van der Waals surface area contributed by atoms with Gasteiger partial charge in [-0.25, -0.2) is 4.79 Å². The standard InChI is InChI=1S/C29H34F3N5O/c1-35-14-16-36(17-15-35)12-3-13-37(27(38)34-24-5-2-4-23(18-24)29(30,31)32)26-10-11-28(19-25(26)28)22-8-6-21(20-33)7-9-22/h2,4-9,18,25-26H,3,10-17,19H2,1H3,(H,34,38)/t25-,26-,28-/m1/s1. The number of benzene rings is 2. The molecule has 0 spiro atoms. The Morgan fingerprint density at radius 1 is 1.16 bits per heavy atom. The van der Waals surface area contributed by atoms with Crippen LogP contribution >= 0.6 is 0 Å². The molecule has 202 valence electrons. The van der Waals surface area contributed by atoms with Gasteiger partial charge in [0, 0.05) is 49.9 Å². The number of rotatable bonds is 7. The van der Waals surface area contributed by atoms with E-state index >= 15 is 0 Å². The number of alkyl halides is 3. The number of hydrogen-bond acceptors (Lipinski definition) is 4. The Balaban J connectivity index is 1.30. The average Bonchev–Trinajstić information content (AvgIpc) is 3.53. The Bertz CT molecular complexity index is 1190. The van der Waals surface area contributed by atoms with Crippen LogP contribution in [0.25, 0.3) is 0 Å². The summed E-state index contributed by atoms with van der Waals surface area (Å²) in [6.45, 7) is 5.50. The molecule has 2 aliphatic carbocycles. The fourth-order valence-electron chi connectivity index (χ4n) is 6.38. The molecule has 1 heterocycles. The minimum atomic E-state index is -4.47. The summed E-state index contributed by atoms with van der Waals surface area (Å²) in [5, 5.41) is 11.9. The van der Waals surface area contributed by atoms with Crippen molar-refractivity contribution in [3.63, 3.8) is 0 Å². The van der Waals surface area contributed by atoms with E-state index in [9.17, 15) is 18.0 Å². The van der Waals surface area contributed by atoms with Crippen molar-refractivity contribution in [1.29, 1.82) is 5.26 Å². The molecule has 5 rings (SSSR count). The lowest BCUT2D eigenvalue weighted by atomic mass is 9.93. The van der Waals surface area contributed by atoms with E-state index in [1.165, 1.54) is 17.7 Å². The van der Waals surface area contributed by atoms with Crippen molar-refractivity contribution in [1.82, 2.24) is 14.7 Å². The minimum absolute atomic E-state index is 0.0187. The summed E-state index contributed by atoms with van der Waals surface area (Å²) in [6, 6.07) is 14.4. The molecule has 1 N–H and O–H groups in total. The van der Waals surface area contributed by atoms with Gasteiger partial charge in [-0.3, -0.25) is 0 Å². The van der Waals surface area contributed by atoms with E-state index in [0.717, 1.165) is 70.5 Å². The number of carbonyl (C=O) groups excluding carboxylic acids is 1. The van der Waals surface area contributed by atoms with Crippen molar-refractivity contribution < 1.29 is 18.0 Å². The Hall–Kier alpha value is -3.09. The predicted octanol–water partition coefficient (Wildman–Crippen LogP) is 5.17. The second-order valence-corrected chi connectivity index (χ2v) is 11.0. The fourth-order valence-corrected chi connectivity index (χ4v) is 6.38. The van der Waals surface area contributed by atoms with Crippen LogP contribution in [0, 0.1) is 17.2 Å². The van der Waals surface area contributed by atoms with E-state index in [4.69, 9.17) is 5.26 Å². The average molecular weight is 526 g/mol. The molecular formula is C29H34F3N5O. The van der Waals surface area contributed by atoms with Gasteiger partial charge in [0.25, 0.3) is 0 Å². The predicted molar refractivity (Wildman–Crippen MR) is 140 cm³/mol. The molecule has 2 aromatic rings. The van der Waals surface area contributed by atoms with Crippen LogP contribution in [0.5, 0.6) is 0 Å². The summed E-state index contributed by atoms with van der Waals surface area (Å²) in [5.74, 6) is 0.311. The number of nitriles is 1.